The van der Waals surface area contributed by atoms with Crippen LogP contribution in [0.25, 0.3) is 0 Å². The van der Waals surface area contributed by atoms with E-state index in [4.69, 9.17) is 0 Å². The second-order valence-corrected chi connectivity index (χ2v) is 7.25. The van der Waals surface area contributed by atoms with Crippen molar-refractivity contribution in [3.63, 3.8) is 0 Å². The van der Waals surface area contributed by atoms with Crippen LogP contribution in [0.3, 0.4) is 0 Å². The van der Waals surface area contributed by atoms with E-state index >= 15 is 0 Å². The van der Waals surface area contributed by atoms with Crippen LogP contribution in [0.15, 0.2) is 47.6 Å². The van der Waals surface area contributed by atoms with Crippen molar-refractivity contribution in [3.05, 3.63) is 53.7 Å². The SMILES string of the molecule is CN=C(NCc1ccnc(N2CCN(C)CC2)c1)NCc1ccccc1OC(F)(F)F. The van der Waals surface area contributed by atoms with Gasteiger partial charge in [-0.1, -0.05) is 18.2 Å². The van der Waals surface area contributed by atoms with E-state index in [9.17, 15) is 13.2 Å². The molecule has 0 spiro atoms. The number of likely N-dealkylation sites (N-methyl/N-ethyl adjacent to an activating group) is 1. The van der Waals surface area contributed by atoms with Crippen molar-refractivity contribution in [2.45, 2.75) is 19.5 Å². The van der Waals surface area contributed by atoms with Crippen LogP contribution in [0.5, 0.6) is 5.75 Å². The largest absolute Gasteiger partial charge is 0.573 e. The number of halogens is 3. The van der Waals surface area contributed by atoms with Gasteiger partial charge >= 0.3 is 6.36 Å². The van der Waals surface area contributed by atoms with E-state index in [0.29, 0.717) is 18.1 Å². The van der Waals surface area contributed by atoms with Crippen molar-refractivity contribution >= 4 is 11.8 Å². The standard InChI is InChI=1S/C21H27F3N6O/c1-25-20(28-15-17-5-3-4-6-18(17)31-21(22,23)24)27-14-16-7-8-26-19(13-16)30-11-9-29(2)10-12-30/h3-8,13H,9-12,14-15H2,1-2H3,(H2,25,27,28). The lowest BCUT2D eigenvalue weighted by molar-refractivity contribution is -0.274. The molecule has 2 heterocycles. The lowest BCUT2D eigenvalue weighted by Gasteiger charge is -2.33. The Morgan fingerprint density at radius 3 is 2.52 bits per heavy atom. The summed E-state index contributed by atoms with van der Waals surface area (Å²) < 4.78 is 41.9. The van der Waals surface area contributed by atoms with Gasteiger partial charge in [-0.2, -0.15) is 0 Å². The van der Waals surface area contributed by atoms with E-state index in [1.54, 1.807) is 25.4 Å². The second kappa shape index (κ2) is 10.3. The Labute approximate surface area is 179 Å². The Morgan fingerprint density at radius 1 is 1.10 bits per heavy atom. The number of aliphatic imine (C=N–C) groups is 1. The van der Waals surface area contributed by atoms with Gasteiger partial charge < -0.3 is 25.2 Å². The third-order valence-corrected chi connectivity index (χ3v) is 4.97. The van der Waals surface area contributed by atoms with Gasteiger partial charge in [-0.25, -0.2) is 4.98 Å². The number of nitrogens with zero attached hydrogens (tertiary/aromatic N) is 4. The Morgan fingerprint density at radius 2 is 1.81 bits per heavy atom. The van der Waals surface area contributed by atoms with E-state index in [0.717, 1.165) is 37.6 Å². The maximum atomic E-state index is 12.6. The highest BCUT2D eigenvalue weighted by Crippen LogP contribution is 2.26. The first-order chi connectivity index (χ1) is 14.8. The van der Waals surface area contributed by atoms with E-state index in [1.165, 1.54) is 12.1 Å². The molecule has 1 aliphatic rings. The number of nitrogens with one attached hydrogen (secondary N) is 2. The van der Waals surface area contributed by atoms with Crippen LogP contribution >= 0.6 is 0 Å². The molecule has 0 atom stereocenters. The van der Waals surface area contributed by atoms with E-state index < -0.39 is 6.36 Å². The predicted octanol–water partition coefficient (Wildman–Crippen LogP) is 2.60. The Balaban J connectivity index is 1.55. The zero-order valence-corrected chi connectivity index (χ0v) is 17.6. The highest BCUT2D eigenvalue weighted by atomic mass is 19.4. The number of ether oxygens (including phenoxy) is 1. The first-order valence-electron chi connectivity index (χ1n) is 10.0. The summed E-state index contributed by atoms with van der Waals surface area (Å²) in [5.41, 5.74) is 1.41. The normalized spacial score (nSPS) is 15.6. The first-order valence-corrected chi connectivity index (χ1v) is 10.0. The summed E-state index contributed by atoms with van der Waals surface area (Å²) in [6.45, 7) is 4.50. The Hall–Kier alpha value is -3.01. The molecule has 2 N–H and O–H groups in total. The van der Waals surface area contributed by atoms with Gasteiger partial charge in [-0.3, -0.25) is 4.99 Å². The maximum absolute atomic E-state index is 12.6. The highest BCUT2D eigenvalue weighted by molar-refractivity contribution is 5.79. The number of anilines is 1. The molecule has 2 aromatic rings. The highest BCUT2D eigenvalue weighted by Gasteiger charge is 2.31. The number of guanidine groups is 1. The smallest absolute Gasteiger partial charge is 0.405 e. The Bertz CT molecular complexity index is 881. The fourth-order valence-electron chi connectivity index (χ4n) is 3.24. The molecule has 1 aromatic carbocycles. The van der Waals surface area contributed by atoms with E-state index in [1.807, 2.05) is 12.1 Å². The Kier molecular flexibility index (Phi) is 7.56. The minimum absolute atomic E-state index is 0.134. The summed E-state index contributed by atoms with van der Waals surface area (Å²) in [6, 6.07) is 9.99. The molecule has 31 heavy (non-hydrogen) atoms. The van der Waals surface area contributed by atoms with Crippen LogP contribution in [0.2, 0.25) is 0 Å². The van der Waals surface area contributed by atoms with Gasteiger partial charge in [0.2, 0.25) is 0 Å². The number of hydrogen-bond acceptors (Lipinski definition) is 5. The van der Waals surface area contributed by atoms with Gasteiger partial charge in [0.15, 0.2) is 5.96 Å². The van der Waals surface area contributed by atoms with Crippen molar-refractivity contribution in [1.29, 1.82) is 0 Å². The van der Waals surface area contributed by atoms with Crippen LogP contribution in [-0.4, -0.2) is 62.5 Å². The number of piperazine rings is 1. The molecule has 0 radical (unpaired) electrons. The van der Waals surface area contributed by atoms with Gasteiger partial charge in [0.25, 0.3) is 0 Å². The van der Waals surface area contributed by atoms with Gasteiger partial charge in [0.1, 0.15) is 11.6 Å². The summed E-state index contributed by atoms with van der Waals surface area (Å²) in [6.07, 6.45) is -2.95. The first kappa shape index (κ1) is 22.7. The molecular weight excluding hydrogens is 409 g/mol. The third-order valence-electron chi connectivity index (χ3n) is 4.97. The van der Waals surface area contributed by atoms with Crippen molar-refractivity contribution in [2.24, 2.45) is 4.99 Å². The number of rotatable bonds is 6. The minimum Gasteiger partial charge on any atom is -0.405 e. The van der Waals surface area contributed by atoms with Gasteiger partial charge in [-0.15, -0.1) is 13.2 Å². The number of benzene rings is 1. The van der Waals surface area contributed by atoms with Crippen molar-refractivity contribution < 1.29 is 17.9 Å². The molecule has 0 unspecified atom stereocenters. The molecule has 0 aliphatic carbocycles. The minimum atomic E-state index is -4.74. The van der Waals surface area contributed by atoms with Gasteiger partial charge in [0, 0.05) is 58.1 Å². The van der Waals surface area contributed by atoms with Gasteiger partial charge in [0.05, 0.1) is 0 Å². The molecule has 1 fully saturated rings. The second-order valence-electron chi connectivity index (χ2n) is 7.25. The zero-order chi connectivity index (χ0) is 22.3. The van der Waals surface area contributed by atoms with Crippen LogP contribution in [0.4, 0.5) is 19.0 Å². The van der Waals surface area contributed by atoms with Crippen LogP contribution in [-0.2, 0) is 13.1 Å². The van der Waals surface area contributed by atoms with Crippen molar-refractivity contribution in [1.82, 2.24) is 20.5 Å². The number of aromatic nitrogens is 1. The molecule has 0 amide bonds. The molecule has 1 aromatic heterocycles. The summed E-state index contributed by atoms with van der Waals surface area (Å²) in [7, 11) is 3.72. The quantitative estimate of drug-likeness (QED) is 0.536. The molecule has 1 saturated heterocycles. The number of para-hydroxylation sites is 1. The molecule has 168 valence electrons. The predicted molar refractivity (Wildman–Crippen MR) is 114 cm³/mol. The third kappa shape index (κ3) is 7.02. The number of pyridine rings is 1. The molecule has 10 heteroatoms. The molecule has 1 aliphatic heterocycles. The molecule has 0 saturated carbocycles. The lowest BCUT2D eigenvalue weighted by Crippen LogP contribution is -2.44. The van der Waals surface area contributed by atoms with Gasteiger partial charge in [-0.05, 0) is 30.8 Å². The van der Waals surface area contributed by atoms with E-state index in [-0.39, 0.29) is 12.3 Å². The van der Waals surface area contributed by atoms with Crippen molar-refractivity contribution in [3.8, 4) is 5.75 Å². The van der Waals surface area contributed by atoms with Crippen LogP contribution in [0, 0.1) is 0 Å². The summed E-state index contributed by atoms with van der Waals surface area (Å²) >= 11 is 0. The number of alkyl halides is 3. The van der Waals surface area contributed by atoms with E-state index in [2.05, 4.69) is 42.2 Å². The summed E-state index contributed by atoms with van der Waals surface area (Å²) in [4.78, 5) is 13.2. The maximum Gasteiger partial charge on any atom is 0.573 e. The van der Waals surface area contributed by atoms with Crippen molar-refractivity contribution in [2.75, 3.05) is 45.2 Å². The monoisotopic (exact) mass is 436 g/mol. The molecular formula is C21H27F3N6O. The average molecular weight is 436 g/mol. The summed E-state index contributed by atoms with van der Waals surface area (Å²) in [5.74, 6) is 1.18. The van der Waals surface area contributed by atoms with Crippen LogP contribution in [0.1, 0.15) is 11.1 Å². The average Bonchev–Trinajstić information content (AvgIpc) is 2.74. The molecule has 3 rings (SSSR count). The fourth-order valence-corrected chi connectivity index (χ4v) is 3.24. The van der Waals surface area contributed by atoms with Crippen LogP contribution < -0.4 is 20.3 Å². The summed E-state index contributed by atoms with van der Waals surface area (Å²) in [5, 5.41) is 6.21. The lowest BCUT2D eigenvalue weighted by atomic mass is 10.2. The zero-order valence-electron chi connectivity index (χ0n) is 17.6. The molecule has 7 nitrogen and oxygen atoms in total. The topological polar surface area (TPSA) is 65.0 Å². The fraction of sp³-hybridized carbons (Fsp3) is 0.429. The molecule has 0 bridgehead atoms. The number of hydrogen-bond donors (Lipinski definition) is 2.